The average molecular weight is 256 g/mol. The molecule has 0 aromatic carbocycles. The number of rotatable bonds is 2. The maximum atomic E-state index is 12.2. The van der Waals surface area contributed by atoms with Gasteiger partial charge >= 0.3 is 0 Å². The highest BCUT2D eigenvalue weighted by Crippen LogP contribution is 2.34. The number of carbonyl (C=O) groups is 1. The van der Waals surface area contributed by atoms with Gasteiger partial charge in [-0.1, -0.05) is 20.8 Å². The van der Waals surface area contributed by atoms with Gasteiger partial charge in [0.2, 0.25) is 5.91 Å². The zero-order valence-electron chi connectivity index (χ0n) is 11.3. The summed E-state index contributed by atoms with van der Waals surface area (Å²) in [7, 11) is 0. The third kappa shape index (κ3) is 2.79. The number of hydrogen-bond donors (Lipinski definition) is 1. The summed E-state index contributed by atoms with van der Waals surface area (Å²) in [5.41, 5.74) is 0.0927. The van der Waals surface area contributed by atoms with Crippen molar-refractivity contribution in [2.75, 3.05) is 13.1 Å². The summed E-state index contributed by atoms with van der Waals surface area (Å²) in [5.74, 6) is 0.330. The molecule has 2 aliphatic heterocycles. The van der Waals surface area contributed by atoms with Crippen molar-refractivity contribution in [3.05, 3.63) is 0 Å². The van der Waals surface area contributed by atoms with E-state index in [2.05, 4.69) is 50.1 Å². The van der Waals surface area contributed by atoms with E-state index in [0.717, 1.165) is 19.5 Å². The van der Waals surface area contributed by atoms with Crippen molar-refractivity contribution in [1.82, 2.24) is 9.80 Å². The lowest BCUT2D eigenvalue weighted by Gasteiger charge is -2.37. The van der Waals surface area contributed by atoms with Crippen LogP contribution in [0.25, 0.3) is 0 Å². The molecule has 2 saturated heterocycles. The minimum Gasteiger partial charge on any atom is -0.337 e. The van der Waals surface area contributed by atoms with Crippen molar-refractivity contribution in [2.24, 2.45) is 5.41 Å². The lowest BCUT2D eigenvalue weighted by molar-refractivity contribution is -0.135. The Morgan fingerprint density at radius 3 is 2.41 bits per heavy atom. The van der Waals surface area contributed by atoms with Crippen LogP contribution in [-0.4, -0.2) is 46.3 Å². The molecule has 1 amide bonds. The molecule has 0 saturated carbocycles. The maximum Gasteiger partial charge on any atom is 0.223 e. The Hall–Kier alpha value is -0.220. The van der Waals surface area contributed by atoms with Crippen LogP contribution in [0.2, 0.25) is 0 Å². The predicted molar refractivity (Wildman–Crippen MR) is 73.1 cm³/mol. The van der Waals surface area contributed by atoms with Gasteiger partial charge in [-0.25, -0.2) is 0 Å². The number of carbonyl (C=O) groups excluding carboxylic acids is 1. The first-order valence-electron chi connectivity index (χ1n) is 6.51. The number of amides is 1. The number of thiol groups is 1. The molecule has 0 spiro atoms. The number of fused-ring (bicyclic) bond motifs is 2. The second-order valence-electron chi connectivity index (χ2n) is 6.66. The molecule has 2 heterocycles. The van der Waals surface area contributed by atoms with Crippen molar-refractivity contribution >= 4 is 18.5 Å². The van der Waals surface area contributed by atoms with E-state index in [1.54, 1.807) is 0 Å². The van der Waals surface area contributed by atoms with Gasteiger partial charge in [0.1, 0.15) is 0 Å². The molecule has 3 unspecified atom stereocenters. The van der Waals surface area contributed by atoms with Crippen LogP contribution in [0.1, 0.15) is 40.5 Å². The fourth-order valence-corrected chi connectivity index (χ4v) is 3.30. The van der Waals surface area contributed by atoms with Crippen molar-refractivity contribution in [2.45, 2.75) is 58.0 Å². The van der Waals surface area contributed by atoms with E-state index >= 15 is 0 Å². The fraction of sp³-hybridized carbons (Fsp3) is 0.923. The summed E-state index contributed by atoms with van der Waals surface area (Å²) >= 11 is 4.50. The molecule has 2 rings (SSSR count). The SMILES string of the molecule is CC(S)N1CC2CC1CN2C(=O)CC(C)(C)C. The Morgan fingerprint density at radius 1 is 1.35 bits per heavy atom. The number of nitrogens with zero attached hydrogens (tertiary/aromatic N) is 2. The van der Waals surface area contributed by atoms with Crippen molar-refractivity contribution in [3.63, 3.8) is 0 Å². The van der Waals surface area contributed by atoms with E-state index in [9.17, 15) is 4.79 Å². The Morgan fingerprint density at radius 2 is 2.00 bits per heavy atom. The number of hydrogen-bond acceptors (Lipinski definition) is 3. The second kappa shape index (κ2) is 4.47. The van der Waals surface area contributed by atoms with Gasteiger partial charge in [0, 0.05) is 31.6 Å². The van der Waals surface area contributed by atoms with Crippen LogP contribution in [-0.2, 0) is 4.79 Å². The first-order chi connectivity index (χ1) is 7.78. The Labute approximate surface area is 110 Å². The molecule has 0 radical (unpaired) electrons. The van der Waals surface area contributed by atoms with Gasteiger partial charge in [-0.15, -0.1) is 0 Å². The number of likely N-dealkylation sites (tertiary alicyclic amines) is 2. The lowest BCUT2D eigenvalue weighted by atomic mass is 9.91. The highest BCUT2D eigenvalue weighted by Gasteiger charge is 2.46. The van der Waals surface area contributed by atoms with Crippen LogP contribution >= 0.6 is 12.6 Å². The molecule has 2 aliphatic rings. The van der Waals surface area contributed by atoms with Gasteiger partial charge in [-0.2, -0.15) is 12.6 Å². The molecule has 0 aliphatic carbocycles. The first kappa shape index (κ1) is 13.2. The van der Waals surface area contributed by atoms with E-state index in [-0.39, 0.29) is 5.41 Å². The normalized spacial score (nSPS) is 31.0. The molecule has 3 nitrogen and oxygen atoms in total. The summed E-state index contributed by atoms with van der Waals surface area (Å²) in [4.78, 5) is 16.7. The van der Waals surface area contributed by atoms with Crippen LogP contribution < -0.4 is 0 Å². The average Bonchev–Trinajstić information content (AvgIpc) is 2.72. The summed E-state index contributed by atoms with van der Waals surface area (Å²) < 4.78 is 0. The zero-order valence-corrected chi connectivity index (χ0v) is 12.2. The highest BCUT2D eigenvalue weighted by molar-refractivity contribution is 7.80. The molecule has 2 fully saturated rings. The topological polar surface area (TPSA) is 23.6 Å². The molecule has 98 valence electrons. The quantitative estimate of drug-likeness (QED) is 0.764. The Bertz CT molecular complexity index is 311. The fourth-order valence-electron chi connectivity index (χ4n) is 3.02. The molecule has 0 aromatic heterocycles. The third-order valence-corrected chi connectivity index (χ3v) is 4.06. The van der Waals surface area contributed by atoms with Crippen molar-refractivity contribution in [3.8, 4) is 0 Å². The molecular formula is C13H24N2OS. The van der Waals surface area contributed by atoms with E-state index < -0.39 is 0 Å². The first-order valence-corrected chi connectivity index (χ1v) is 7.03. The van der Waals surface area contributed by atoms with Gasteiger partial charge in [-0.3, -0.25) is 9.69 Å². The van der Waals surface area contributed by atoms with E-state index in [4.69, 9.17) is 0 Å². The van der Waals surface area contributed by atoms with Crippen molar-refractivity contribution < 1.29 is 4.79 Å². The molecule has 4 heteroatoms. The van der Waals surface area contributed by atoms with Crippen LogP contribution in [0.15, 0.2) is 0 Å². The van der Waals surface area contributed by atoms with E-state index in [1.165, 1.54) is 0 Å². The maximum absolute atomic E-state index is 12.2. The van der Waals surface area contributed by atoms with Gasteiger partial charge in [0.05, 0.1) is 5.37 Å². The monoisotopic (exact) mass is 256 g/mol. The van der Waals surface area contributed by atoms with Gasteiger partial charge < -0.3 is 4.90 Å². The molecule has 0 N–H and O–H groups in total. The van der Waals surface area contributed by atoms with Crippen LogP contribution in [0.3, 0.4) is 0 Å². The van der Waals surface area contributed by atoms with Gasteiger partial charge in [0.15, 0.2) is 0 Å². The van der Waals surface area contributed by atoms with E-state index in [0.29, 0.717) is 29.8 Å². The summed E-state index contributed by atoms with van der Waals surface area (Å²) in [6.45, 7) is 10.4. The van der Waals surface area contributed by atoms with Crippen LogP contribution in [0.5, 0.6) is 0 Å². The summed E-state index contributed by atoms with van der Waals surface area (Å²) in [6, 6.07) is 0.973. The minimum absolute atomic E-state index is 0.0927. The van der Waals surface area contributed by atoms with Gasteiger partial charge in [-0.05, 0) is 18.8 Å². The largest absolute Gasteiger partial charge is 0.337 e. The van der Waals surface area contributed by atoms with Crippen LogP contribution in [0, 0.1) is 5.41 Å². The Kier molecular flexibility index (Phi) is 3.47. The van der Waals surface area contributed by atoms with Gasteiger partial charge in [0.25, 0.3) is 0 Å². The smallest absolute Gasteiger partial charge is 0.223 e. The standard InChI is InChI=1S/C13H24N2OS/c1-9(17)14-7-11-5-10(14)8-15(11)12(16)6-13(2,3)4/h9-11,17H,5-8H2,1-4H3. The Balaban J connectivity index is 1.94. The third-order valence-electron chi connectivity index (χ3n) is 3.76. The van der Waals surface area contributed by atoms with E-state index in [1.807, 2.05) is 0 Å². The molecular weight excluding hydrogens is 232 g/mol. The van der Waals surface area contributed by atoms with Crippen LogP contribution in [0.4, 0.5) is 0 Å². The minimum atomic E-state index is 0.0927. The zero-order chi connectivity index (χ0) is 12.8. The second-order valence-corrected chi connectivity index (χ2v) is 7.40. The molecule has 17 heavy (non-hydrogen) atoms. The lowest BCUT2D eigenvalue weighted by Crippen LogP contribution is -2.50. The van der Waals surface area contributed by atoms with Crippen molar-refractivity contribution in [1.29, 1.82) is 0 Å². The predicted octanol–water partition coefficient (Wildman–Crippen LogP) is 1.98. The summed E-state index contributed by atoms with van der Waals surface area (Å²) in [6.07, 6.45) is 1.80. The molecule has 3 atom stereocenters. The molecule has 0 aromatic rings. The highest BCUT2D eigenvalue weighted by atomic mass is 32.1. The summed E-state index contributed by atoms with van der Waals surface area (Å²) in [5, 5.41) is 0.310. The molecule has 2 bridgehead atoms. The number of piperazine rings is 1.